The molecule has 14 nitrogen and oxygen atoms in total. The summed E-state index contributed by atoms with van der Waals surface area (Å²) in [4.78, 5) is 53.2. The number of esters is 2. The van der Waals surface area contributed by atoms with Crippen LogP contribution in [-0.2, 0) is 28.6 Å². The van der Waals surface area contributed by atoms with Crippen molar-refractivity contribution in [2.24, 2.45) is 23.7 Å². The number of ketones is 1. The summed E-state index contributed by atoms with van der Waals surface area (Å²) in [5.74, 6) is -7.39. The molecule has 0 unspecified atom stereocenters. The predicted molar refractivity (Wildman–Crippen MR) is 190 cm³/mol. The minimum absolute atomic E-state index is 0.0354. The van der Waals surface area contributed by atoms with Crippen molar-refractivity contribution < 1.29 is 63.7 Å². The van der Waals surface area contributed by atoms with Crippen molar-refractivity contribution in [2.45, 2.75) is 92.3 Å². The summed E-state index contributed by atoms with van der Waals surface area (Å²) in [6.45, 7) is 12.9. The number of aliphatic hydroxyl groups excluding tert-OH is 3. The molecule has 14 heteroatoms. The van der Waals surface area contributed by atoms with Gasteiger partial charge in [-0.25, -0.2) is 0 Å². The molecule has 1 amide bonds. The molecule has 0 spiro atoms. The summed E-state index contributed by atoms with van der Waals surface area (Å²) in [6, 6.07) is 0. The van der Waals surface area contributed by atoms with Crippen LogP contribution in [0.1, 0.15) is 76.9 Å². The second kappa shape index (κ2) is 14.6. The lowest BCUT2D eigenvalue weighted by Crippen LogP contribution is -2.57. The number of hydrogen-bond donors (Lipinski definition) is 6. The van der Waals surface area contributed by atoms with Crippen LogP contribution in [-0.4, -0.2) is 86.0 Å². The molecule has 6 heterocycles. The Morgan fingerprint density at radius 2 is 1.57 bits per heavy atom. The maximum Gasteiger partial charge on any atom is 0.314 e. The van der Waals surface area contributed by atoms with Gasteiger partial charge in [-0.3, -0.25) is 19.2 Å². The SMILES string of the molecule is CC(=O)Oc1c(C)c2c(O)c3c1C1=C(OCOC1=C(C)C3=O)C(C)=C[C@](C)(O)[C@H](O)[C@H](C)[C@H](O)[C@H]1C(=O)O[C@H]([C@@H](C)[C@H]1O)[C@H](C)C=CC=C(C)C(=O)N2. The second-order valence-electron chi connectivity index (χ2n) is 14.6. The van der Waals surface area contributed by atoms with Crippen molar-refractivity contribution in [1.29, 1.82) is 0 Å². The van der Waals surface area contributed by atoms with E-state index < -0.39 is 83.1 Å². The molecule has 6 bridgehead atoms. The highest BCUT2D eigenvalue weighted by molar-refractivity contribution is 6.21. The molecule has 53 heavy (non-hydrogen) atoms. The third-order valence-corrected chi connectivity index (χ3v) is 10.6. The van der Waals surface area contributed by atoms with Crippen molar-refractivity contribution in [2.75, 3.05) is 12.1 Å². The van der Waals surface area contributed by atoms with Gasteiger partial charge in [-0.15, -0.1) is 0 Å². The van der Waals surface area contributed by atoms with E-state index in [1.807, 2.05) is 0 Å². The van der Waals surface area contributed by atoms with Crippen LogP contribution in [0.3, 0.4) is 0 Å². The Hall–Kier alpha value is -4.76. The molecule has 1 aromatic carbocycles. The van der Waals surface area contributed by atoms with E-state index in [0.717, 1.165) is 6.92 Å². The molecule has 286 valence electrons. The first kappa shape index (κ1) is 39.4. The number of amides is 1. The number of hydrogen-bond acceptors (Lipinski definition) is 13. The van der Waals surface area contributed by atoms with Gasteiger partial charge < -0.3 is 49.8 Å². The van der Waals surface area contributed by atoms with Crippen molar-refractivity contribution >= 4 is 34.9 Å². The van der Waals surface area contributed by atoms with Gasteiger partial charge in [-0.05, 0) is 46.3 Å². The average molecular weight is 738 g/mol. The number of nitrogens with one attached hydrogen (secondary N) is 1. The second-order valence-corrected chi connectivity index (χ2v) is 14.6. The van der Waals surface area contributed by atoms with Gasteiger partial charge in [0.1, 0.15) is 34.9 Å². The normalized spacial score (nSPS) is 32.4. The van der Waals surface area contributed by atoms with Crippen LogP contribution in [0.25, 0.3) is 5.57 Å². The van der Waals surface area contributed by atoms with E-state index in [-0.39, 0.29) is 68.7 Å². The minimum atomic E-state index is -2.10. The van der Waals surface area contributed by atoms with Gasteiger partial charge in [0.25, 0.3) is 5.91 Å². The maximum atomic E-state index is 13.9. The molecule has 0 saturated carbocycles. The number of aliphatic hydroxyl groups is 4. The molecule has 0 radical (unpaired) electrons. The zero-order chi connectivity index (χ0) is 39.4. The molecule has 7 aliphatic rings. The van der Waals surface area contributed by atoms with Gasteiger partial charge in [0.2, 0.25) is 6.79 Å². The molecule has 9 atom stereocenters. The van der Waals surface area contributed by atoms with E-state index >= 15 is 0 Å². The monoisotopic (exact) mass is 737 g/mol. The number of ether oxygens (including phenoxy) is 4. The lowest BCUT2D eigenvalue weighted by Gasteiger charge is -2.43. The quantitative estimate of drug-likeness (QED) is 0.138. The Balaban J connectivity index is 1.79. The number of phenolic OH excluding ortho intramolecular Hbond substituents is 1. The van der Waals surface area contributed by atoms with Crippen LogP contribution in [0.2, 0.25) is 0 Å². The number of aromatic hydroxyl groups is 1. The van der Waals surface area contributed by atoms with E-state index in [9.17, 15) is 44.7 Å². The molecule has 6 aliphatic heterocycles. The minimum Gasteiger partial charge on any atom is -0.505 e. The van der Waals surface area contributed by atoms with E-state index in [4.69, 9.17) is 18.9 Å². The van der Waals surface area contributed by atoms with Crippen LogP contribution in [0.15, 0.2) is 52.5 Å². The standard InChI is InChI=1S/C39H47NO13/c1-15-11-10-12-16(2)37(47)40-27-18(4)35(52-22(8)41)23-24(31(27)45)28(42)20(6)34-25(23)33(50-14-51-34)17(3)13-39(9,49)36(46)21(7)30(44)26-29(43)19(5)32(15)53-38(26)48/h10-13,15,19,21,26,29-30,32,36,43-46,49H,14H2,1-9H3,(H,40,47)/t15-,19+,21-,26+,29-,30+,32+,36-,39+/m1/s1. The molecule has 0 aromatic heterocycles. The summed E-state index contributed by atoms with van der Waals surface area (Å²) >= 11 is 0. The molecule has 1 aliphatic carbocycles. The van der Waals surface area contributed by atoms with Crippen molar-refractivity contribution in [1.82, 2.24) is 0 Å². The van der Waals surface area contributed by atoms with Gasteiger partial charge in [-0.2, -0.15) is 0 Å². The smallest absolute Gasteiger partial charge is 0.314 e. The first-order valence-corrected chi connectivity index (χ1v) is 17.4. The highest BCUT2D eigenvalue weighted by atomic mass is 16.7. The number of anilines is 1. The van der Waals surface area contributed by atoms with Gasteiger partial charge in [-0.1, -0.05) is 39.0 Å². The third-order valence-electron chi connectivity index (χ3n) is 10.6. The van der Waals surface area contributed by atoms with Crippen LogP contribution in [0.5, 0.6) is 11.5 Å². The molecular formula is C39H47NO13. The third kappa shape index (κ3) is 6.92. The number of Topliss-reactive ketones (excluding diaryl/α,β-unsaturated/α-hetero) is 1. The zero-order valence-corrected chi connectivity index (χ0v) is 31.1. The highest BCUT2D eigenvalue weighted by Gasteiger charge is 2.51. The highest BCUT2D eigenvalue weighted by Crippen LogP contribution is 2.53. The topological polar surface area (TPSA) is 218 Å². The van der Waals surface area contributed by atoms with Crippen LogP contribution in [0, 0.1) is 30.6 Å². The van der Waals surface area contributed by atoms with Crippen molar-refractivity contribution in [3.05, 3.63) is 69.2 Å². The molecule has 8 rings (SSSR count). The lowest BCUT2D eigenvalue weighted by molar-refractivity contribution is -0.198. The first-order chi connectivity index (χ1) is 24.7. The zero-order valence-electron chi connectivity index (χ0n) is 31.1. The fourth-order valence-electron chi connectivity index (χ4n) is 7.55. The molecule has 6 N–H and O–H groups in total. The first-order valence-electron chi connectivity index (χ1n) is 17.4. The van der Waals surface area contributed by atoms with E-state index in [1.54, 1.807) is 32.9 Å². The summed E-state index contributed by atoms with van der Waals surface area (Å²) in [6.07, 6.45) is 0.468. The fourth-order valence-corrected chi connectivity index (χ4v) is 7.55. The van der Waals surface area contributed by atoms with Crippen molar-refractivity contribution in [3.63, 3.8) is 0 Å². The molecule has 1 aromatic rings. The van der Waals surface area contributed by atoms with Gasteiger partial charge in [0, 0.05) is 47.0 Å². The van der Waals surface area contributed by atoms with Gasteiger partial charge >= 0.3 is 11.9 Å². The van der Waals surface area contributed by atoms with E-state index in [0.29, 0.717) is 0 Å². The van der Waals surface area contributed by atoms with Gasteiger partial charge in [0.15, 0.2) is 11.5 Å². The predicted octanol–water partition coefficient (Wildman–Crippen LogP) is 3.50. The van der Waals surface area contributed by atoms with Gasteiger partial charge in [0.05, 0.1) is 35.1 Å². The summed E-state index contributed by atoms with van der Waals surface area (Å²) < 4.78 is 23.1. The Morgan fingerprint density at radius 3 is 2.21 bits per heavy atom. The van der Waals surface area contributed by atoms with E-state index in [2.05, 4.69) is 5.32 Å². The number of carbonyl (C=O) groups is 4. The molecular weight excluding hydrogens is 690 g/mol. The van der Waals surface area contributed by atoms with Crippen molar-refractivity contribution in [3.8, 4) is 11.5 Å². The lowest BCUT2D eigenvalue weighted by atomic mass is 9.73. The molecule has 1 fully saturated rings. The van der Waals surface area contributed by atoms with Crippen LogP contribution in [0.4, 0.5) is 5.69 Å². The van der Waals surface area contributed by atoms with Crippen LogP contribution >= 0.6 is 0 Å². The Kier molecular flexibility index (Phi) is 10.8. The summed E-state index contributed by atoms with van der Waals surface area (Å²) in [5.41, 5.74) is -2.02. The molecule has 1 saturated heterocycles. The number of benzene rings is 1. The number of carbonyl (C=O) groups excluding carboxylic acids is 4. The van der Waals surface area contributed by atoms with Crippen LogP contribution < -0.4 is 10.1 Å². The van der Waals surface area contributed by atoms with E-state index in [1.165, 1.54) is 46.8 Å². The maximum absolute atomic E-state index is 13.9. The number of phenols is 1. The summed E-state index contributed by atoms with van der Waals surface area (Å²) in [5, 5.41) is 60.2. The largest absolute Gasteiger partial charge is 0.505 e. The fraction of sp³-hybridized carbons (Fsp3) is 0.487. The summed E-state index contributed by atoms with van der Waals surface area (Å²) in [7, 11) is 0. The Morgan fingerprint density at radius 1 is 0.943 bits per heavy atom. The number of rotatable bonds is 1. The Bertz CT molecular complexity index is 1910. The number of allylic oxidation sites excluding steroid dienone is 5. The Labute approximate surface area is 307 Å². The average Bonchev–Trinajstić information content (AvgIpc) is 3.09.